The van der Waals surface area contributed by atoms with Gasteiger partial charge in [-0.05, 0) is 31.2 Å². The van der Waals surface area contributed by atoms with E-state index < -0.39 is 5.82 Å². The first-order valence-corrected chi connectivity index (χ1v) is 6.70. The fourth-order valence-electron chi connectivity index (χ4n) is 1.79. The number of amides is 1. The van der Waals surface area contributed by atoms with Crippen LogP contribution in [0.25, 0.3) is 0 Å². The maximum Gasteiger partial charge on any atom is 0.243 e. The number of benzene rings is 2. The van der Waals surface area contributed by atoms with Crippen LogP contribution in [0.1, 0.15) is 6.92 Å². The van der Waals surface area contributed by atoms with Gasteiger partial charge in [-0.2, -0.15) is 0 Å². The van der Waals surface area contributed by atoms with Gasteiger partial charge in [-0.1, -0.05) is 18.2 Å². The molecule has 0 atom stereocenters. The summed E-state index contributed by atoms with van der Waals surface area (Å²) >= 11 is 0. The fourth-order valence-corrected chi connectivity index (χ4v) is 1.79. The van der Waals surface area contributed by atoms with Crippen molar-refractivity contribution in [3.8, 4) is 5.75 Å². The second kappa shape index (κ2) is 7.28. The van der Waals surface area contributed by atoms with Crippen molar-refractivity contribution in [1.82, 2.24) is 0 Å². The van der Waals surface area contributed by atoms with E-state index in [1.54, 1.807) is 13.0 Å². The van der Waals surface area contributed by atoms with Crippen LogP contribution in [-0.4, -0.2) is 19.1 Å². The number of carbonyl (C=O) groups is 1. The Morgan fingerprint density at radius 3 is 2.57 bits per heavy atom. The molecule has 0 aromatic heterocycles. The number of para-hydroxylation sites is 1. The molecule has 0 bridgehead atoms. The summed E-state index contributed by atoms with van der Waals surface area (Å²) in [6.07, 6.45) is 0. The number of halogens is 1. The average molecular weight is 288 g/mol. The highest BCUT2D eigenvalue weighted by atomic mass is 19.1. The third-order valence-corrected chi connectivity index (χ3v) is 2.74. The van der Waals surface area contributed by atoms with Crippen LogP contribution < -0.4 is 15.4 Å². The molecular weight excluding hydrogens is 271 g/mol. The number of hydrogen-bond acceptors (Lipinski definition) is 3. The molecule has 2 aromatic rings. The molecule has 21 heavy (non-hydrogen) atoms. The molecule has 0 aliphatic carbocycles. The summed E-state index contributed by atoms with van der Waals surface area (Å²) in [4.78, 5) is 11.8. The second-order valence-electron chi connectivity index (χ2n) is 4.35. The van der Waals surface area contributed by atoms with E-state index in [1.807, 2.05) is 30.3 Å². The molecule has 1 amide bonds. The Labute approximate surface area is 122 Å². The number of hydrogen-bond donors (Lipinski definition) is 2. The number of carbonyl (C=O) groups excluding carboxylic acids is 1. The summed E-state index contributed by atoms with van der Waals surface area (Å²) in [6.45, 7) is 2.28. The van der Waals surface area contributed by atoms with Crippen molar-refractivity contribution in [2.24, 2.45) is 0 Å². The van der Waals surface area contributed by atoms with E-state index in [4.69, 9.17) is 4.74 Å². The van der Waals surface area contributed by atoms with E-state index in [0.717, 1.165) is 5.69 Å². The summed E-state index contributed by atoms with van der Waals surface area (Å²) in [5, 5.41) is 5.61. The van der Waals surface area contributed by atoms with Crippen molar-refractivity contribution >= 4 is 17.3 Å². The Kier molecular flexibility index (Phi) is 5.15. The van der Waals surface area contributed by atoms with Crippen LogP contribution in [0.2, 0.25) is 0 Å². The van der Waals surface area contributed by atoms with Gasteiger partial charge in [0.15, 0.2) is 11.6 Å². The fraction of sp³-hybridized carbons (Fsp3) is 0.188. The van der Waals surface area contributed by atoms with Gasteiger partial charge in [0.25, 0.3) is 0 Å². The van der Waals surface area contributed by atoms with Crippen LogP contribution in [0.3, 0.4) is 0 Å². The molecule has 2 rings (SSSR count). The summed E-state index contributed by atoms with van der Waals surface area (Å²) < 4.78 is 18.7. The molecule has 4 nitrogen and oxygen atoms in total. The Balaban J connectivity index is 1.89. The molecule has 0 aliphatic heterocycles. The molecule has 0 heterocycles. The molecular formula is C16H17FN2O2. The van der Waals surface area contributed by atoms with Crippen LogP contribution >= 0.6 is 0 Å². The normalized spacial score (nSPS) is 10.0. The molecule has 0 radical (unpaired) electrons. The zero-order valence-electron chi connectivity index (χ0n) is 11.7. The Morgan fingerprint density at radius 2 is 1.90 bits per heavy atom. The Bertz CT molecular complexity index is 602. The first-order chi connectivity index (χ1) is 10.2. The molecule has 5 heteroatoms. The molecule has 2 N–H and O–H groups in total. The predicted molar refractivity (Wildman–Crippen MR) is 81.1 cm³/mol. The lowest BCUT2D eigenvalue weighted by Crippen LogP contribution is -2.21. The first kappa shape index (κ1) is 14.8. The Hall–Kier alpha value is -2.56. The second-order valence-corrected chi connectivity index (χ2v) is 4.35. The zero-order chi connectivity index (χ0) is 15.1. The topological polar surface area (TPSA) is 50.4 Å². The van der Waals surface area contributed by atoms with Gasteiger partial charge < -0.3 is 15.4 Å². The highest BCUT2D eigenvalue weighted by Gasteiger charge is 2.07. The zero-order valence-corrected chi connectivity index (χ0v) is 11.7. The third-order valence-electron chi connectivity index (χ3n) is 2.74. The van der Waals surface area contributed by atoms with Gasteiger partial charge in [0.1, 0.15) is 0 Å². The summed E-state index contributed by atoms with van der Waals surface area (Å²) in [5.74, 6) is -0.564. The van der Waals surface area contributed by atoms with Crippen LogP contribution in [0, 0.1) is 5.82 Å². The van der Waals surface area contributed by atoms with Crippen molar-refractivity contribution in [3.63, 3.8) is 0 Å². The number of nitrogens with one attached hydrogen (secondary N) is 2. The van der Waals surface area contributed by atoms with E-state index in [9.17, 15) is 9.18 Å². The minimum absolute atomic E-state index is 0.110. The van der Waals surface area contributed by atoms with Gasteiger partial charge in [-0.15, -0.1) is 0 Å². The van der Waals surface area contributed by atoms with Crippen LogP contribution in [0.5, 0.6) is 5.75 Å². The number of rotatable bonds is 6. The van der Waals surface area contributed by atoms with E-state index >= 15 is 0 Å². The molecule has 0 aliphatic rings. The van der Waals surface area contributed by atoms with Crippen molar-refractivity contribution in [3.05, 3.63) is 54.3 Å². The van der Waals surface area contributed by atoms with E-state index in [-0.39, 0.29) is 18.2 Å². The molecule has 2 aromatic carbocycles. The summed E-state index contributed by atoms with van der Waals surface area (Å²) in [6, 6.07) is 13.7. The molecule has 0 saturated heterocycles. The maximum absolute atomic E-state index is 13.6. The maximum atomic E-state index is 13.6. The van der Waals surface area contributed by atoms with Crippen LogP contribution in [0.15, 0.2) is 48.5 Å². The van der Waals surface area contributed by atoms with E-state index in [0.29, 0.717) is 12.3 Å². The van der Waals surface area contributed by atoms with Gasteiger partial charge in [0.2, 0.25) is 5.91 Å². The van der Waals surface area contributed by atoms with Crippen molar-refractivity contribution in [2.45, 2.75) is 6.92 Å². The minimum atomic E-state index is -0.495. The van der Waals surface area contributed by atoms with Crippen molar-refractivity contribution in [1.29, 1.82) is 0 Å². The largest absolute Gasteiger partial charge is 0.491 e. The monoisotopic (exact) mass is 288 g/mol. The van der Waals surface area contributed by atoms with Gasteiger partial charge in [-0.25, -0.2) is 4.39 Å². The Morgan fingerprint density at radius 1 is 1.14 bits per heavy atom. The van der Waals surface area contributed by atoms with Crippen molar-refractivity contribution < 1.29 is 13.9 Å². The minimum Gasteiger partial charge on any atom is -0.491 e. The standard InChI is InChI=1S/C16H17FN2O2/c1-2-21-15-9-8-13(10-14(15)17)19-16(20)11-18-12-6-4-3-5-7-12/h3-10,18H,2,11H2,1H3,(H,19,20). The highest BCUT2D eigenvalue weighted by molar-refractivity contribution is 5.93. The average Bonchev–Trinajstić information content (AvgIpc) is 2.49. The lowest BCUT2D eigenvalue weighted by atomic mass is 10.3. The third kappa shape index (κ3) is 4.49. The summed E-state index contributed by atoms with van der Waals surface area (Å²) in [7, 11) is 0. The van der Waals surface area contributed by atoms with Crippen LogP contribution in [0.4, 0.5) is 15.8 Å². The smallest absolute Gasteiger partial charge is 0.243 e. The van der Waals surface area contributed by atoms with Gasteiger partial charge in [-0.3, -0.25) is 4.79 Å². The lowest BCUT2D eigenvalue weighted by Gasteiger charge is -2.09. The molecule has 0 spiro atoms. The highest BCUT2D eigenvalue weighted by Crippen LogP contribution is 2.21. The molecule has 0 unspecified atom stereocenters. The van der Waals surface area contributed by atoms with Gasteiger partial charge in [0.05, 0.1) is 13.2 Å². The van der Waals surface area contributed by atoms with E-state index in [2.05, 4.69) is 10.6 Å². The first-order valence-electron chi connectivity index (χ1n) is 6.70. The SMILES string of the molecule is CCOc1ccc(NC(=O)CNc2ccccc2)cc1F. The molecule has 0 saturated carbocycles. The predicted octanol–water partition coefficient (Wildman–Crippen LogP) is 3.28. The molecule has 0 fully saturated rings. The summed E-state index contributed by atoms with van der Waals surface area (Å²) in [5.41, 5.74) is 1.25. The number of anilines is 2. The van der Waals surface area contributed by atoms with Gasteiger partial charge >= 0.3 is 0 Å². The van der Waals surface area contributed by atoms with E-state index in [1.165, 1.54) is 12.1 Å². The van der Waals surface area contributed by atoms with Crippen LogP contribution in [-0.2, 0) is 4.79 Å². The lowest BCUT2D eigenvalue weighted by molar-refractivity contribution is -0.114. The molecule has 110 valence electrons. The number of ether oxygens (including phenoxy) is 1. The van der Waals surface area contributed by atoms with Gasteiger partial charge in [0, 0.05) is 17.4 Å². The van der Waals surface area contributed by atoms with Crippen molar-refractivity contribution in [2.75, 3.05) is 23.8 Å². The quantitative estimate of drug-likeness (QED) is 0.857.